The average molecular weight is 451 g/mol. The van der Waals surface area contributed by atoms with E-state index in [0.717, 1.165) is 0 Å². The van der Waals surface area contributed by atoms with Gasteiger partial charge in [0.25, 0.3) is 5.91 Å². The van der Waals surface area contributed by atoms with Gasteiger partial charge >= 0.3 is 0 Å². The smallest absolute Gasteiger partial charge is 0.251 e. The summed E-state index contributed by atoms with van der Waals surface area (Å²) in [4.78, 5) is 17.1. The largest absolute Gasteiger partial charge is 0.392 e. The van der Waals surface area contributed by atoms with Gasteiger partial charge in [-0.15, -0.1) is 0 Å². The Kier molecular flexibility index (Phi) is 5.97. The number of halogens is 2. The van der Waals surface area contributed by atoms with Crippen molar-refractivity contribution < 1.29 is 23.8 Å². The molecule has 33 heavy (non-hydrogen) atoms. The molecule has 3 N–H and O–H groups in total. The highest BCUT2D eigenvalue weighted by Gasteiger charge is 2.38. The summed E-state index contributed by atoms with van der Waals surface area (Å²) in [6, 6.07) is 15.6. The van der Waals surface area contributed by atoms with Crippen LogP contribution in [0.2, 0.25) is 0 Å². The van der Waals surface area contributed by atoms with E-state index in [0.29, 0.717) is 27.7 Å². The fourth-order valence-electron chi connectivity index (χ4n) is 3.80. The minimum absolute atomic E-state index is 0.113. The molecule has 0 saturated carbocycles. The van der Waals surface area contributed by atoms with Gasteiger partial charge in [0.1, 0.15) is 11.6 Å². The summed E-state index contributed by atoms with van der Waals surface area (Å²) in [7, 11) is 1.69. The third kappa shape index (κ3) is 4.22. The average Bonchev–Trinajstić information content (AvgIpc) is 3.14. The lowest BCUT2D eigenvalue weighted by Gasteiger charge is -2.29. The first-order valence-corrected chi connectivity index (χ1v) is 10.4. The Morgan fingerprint density at radius 3 is 2.09 bits per heavy atom. The van der Waals surface area contributed by atoms with Crippen LogP contribution in [-0.4, -0.2) is 38.3 Å². The molecular weight excluding hydrogens is 428 g/mol. The number of aliphatic hydroxyl groups excluding tert-OH is 1. The molecule has 0 bridgehead atoms. The number of benzene rings is 3. The topological polar surface area (TPSA) is 87.4 Å². The number of hydrogen-bond donors (Lipinski definition) is 3. The summed E-state index contributed by atoms with van der Waals surface area (Å²) in [6.45, 7) is 1.69. The van der Waals surface area contributed by atoms with Gasteiger partial charge in [0, 0.05) is 19.2 Å². The zero-order valence-corrected chi connectivity index (χ0v) is 18.1. The Hall–Kier alpha value is -3.62. The number of rotatable bonds is 6. The lowest BCUT2D eigenvalue weighted by molar-refractivity contribution is 0.0924. The second kappa shape index (κ2) is 8.73. The minimum atomic E-state index is -1.82. The van der Waals surface area contributed by atoms with E-state index in [2.05, 4.69) is 10.3 Å². The molecule has 6 nitrogen and oxygen atoms in total. The quantitative estimate of drug-likeness (QED) is 0.420. The predicted molar refractivity (Wildman–Crippen MR) is 120 cm³/mol. The van der Waals surface area contributed by atoms with Gasteiger partial charge in [-0.25, -0.2) is 13.8 Å². The second-order valence-electron chi connectivity index (χ2n) is 7.98. The molecule has 0 aliphatic carbocycles. The van der Waals surface area contributed by atoms with E-state index in [9.17, 15) is 23.8 Å². The number of imidazole rings is 1. The Morgan fingerprint density at radius 2 is 1.58 bits per heavy atom. The molecule has 0 radical (unpaired) electrons. The van der Waals surface area contributed by atoms with Gasteiger partial charge in [0.2, 0.25) is 0 Å². The first-order valence-electron chi connectivity index (χ1n) is 10.4. The van der Waals surface area contributed by atoms with Crippen LogP contribution in [0.3, 0.4) is 0 Å². The Bertz CT molecular complexity index is 1250. The highest BCUT2D eigenvalue weighted by Crippen LogP contribution is 2.37. The maximum atomic E-state index is 13.6. The second-order valence-corrected chi connectivity index (χ2v) is 7.98. The van der Waals surface area contributed by atoms with Crippen molar-refractivity contribution in [3.8, 4) is 0 Å². The molecule has 0 aliphatic heterocycles. The van der Waals surface area contributed by atoms with E-state index in [-0.39, 0.29) is 18.3 Å². The van der Waals surface area contributed by atoms with Gasteiger partial charge in [-0.2, -0.15) is 0 Å². The Morgan fingerprint density at radius 1 is 1.03 bits per heavy atom. The molecule has 8 heteroatoms. The van der Waals surface area contributed by atoms with E-state index in [1.54, 1.807) is 36.7 Å². The third-order valence-electron chi connectivity index (χ3n) is 5.55. The SMILES string of the molecule is C[C@@H](O)CNC(=O)c1ccc2nc(C(O)(c3ccc(F)cc3)c3ccc(F)cc3)n(C)c2c1. The number of aryl methyl sites for hydroxylation is 1. The maximum absolute atomic E-state index is 13.6. The standard InChI is InChI=1S/C25H23F2N3O3/c1-15(31)14-28-23(32)16-3-12-21-22(13-16)30(2)24(29-21)25(33,17-4-8-19(26)9-5-17)18-6-10-20(27)11-7-18/h3-13,15,31,33H,14H2,1-2H3,(H,28,32)/t15-/m1/s1. The molecule has 3 aromatic carbocycles. The normalized spacial score (nSPS) is 12.7. The lowest BCUT2D eigenvalue weighted by atomic mass is 9.85. The minimum Gasteiger partial charge on any atom is -0.392 e. The number of aliphatic hydroxyl groups is 2. The van der Waals surface area contributed by atoms with Gasteiger partial charge in [-0.05, 0) is 60.5 Å². The van der Waals surface area contributed by atoms with Crippen LogP contribution in [-0.2, 0) is 12.6 Å². The van der Waals surface area contributed by atoms with Crippen molar-refractivity contribution in [1.29, 1.82) is 0 Å². The van der Waals surface area contributed by atoms with Crippen molar-refractivity contribution in [2.75, 3.05) is 6.54 Å². The summed E-state index contributed by atoms with van der Waals surface area (Å²) in [5.74, 6) is -1.05. The number of fused-ring (bicyclic) bond motifs is 1. The van der Waals surface area contributed by atoms with Crippen molar-refractivity contribution in [3.63, 3.8) is 0 Å². The van der Waals surface area contributed by atoms with Crippen LogP contribution in [0.5, 0.6) is 0 Å². The number of carbonyl (C=O) groups excluding carboxylic acids is 1. The number of hydrogen-bond acceptors (Lipinski definition) is 4. The van der Waals surface area contributed by atoms with E-state index < -0.39 is 23.3 Å². The highest BCUT2D eigenvalue weighted by molar-refractivity contribution is 5.97. The molecule has 0 saturated heterocycles. The van der Waals surface area contributed by atoms with Crippen molar-refractivity contribution in [2.24, 2.45) is 7.05 Å². The van der Waals surface area contributed by atoms with Gasteiger partial charge in [-0.1, -0.05) is 24.3 Å². The first kappa shape index (κ1) is 22.6. The van der Waals surface area contributed by atoms with Crippen LogP contribution < -0.4 is 5.32 Å². The van der Waals surface area contributed by atoms with Gasteiger partial charge in [0.15, 0.2) is 11.4 Å². The predicted octanol–water partition coefficient (Wildman–Crippen LogP) is 3.25. The van der Waals surface area contributed by atoms with Crippen molar-refractivity contribution in [3.05, 3.63) is 101 Å². The monoisotopic (exact) mass is 451 g/mol. The highest BCUT2D eigenvalue weighted by atomic mass is 19.1. The van der Waals surface area contributed by atoms with Crippen LogP contribution in [0.4, 0.5) is 8.78 Å². The summed E-state index contributed by atoms with van der Waals surface area (Å²) in [5, 5.41) is 24.0. The van der Waals surface area contributed by atoms with Crippen LogP contribution in [0.15, 0.2) is 66.7 Å². The van der Waals surface area contributed by atoms with E-state index >= 15 is 0 Å². The fraction of sp³-hybridized carbons (Fsp3) is 0.200. The molecule has 1 amide bonds. The Labute approximate surface area is 189 Å². The molecular formula is C25H23F2N3O3. The van der Waals surface area contributed by atoms with Crippen LogP contribution in [0.1, 0.15) is 34.2 Å². The molecule has 0 unspecified atom stereocenters. The van der Waals surface area contributed by atoms with Crippen molar-refractivity contribution in [2.45, 2.75) is 18.6 Å². The zero-order valence-electron chi connectivity index (χ0n) is 18.1. The molecule has 1 heterocycles. The van der Waals surface area contributed by atoms with E-state index in [4.69, 9.17) is 0 Å². The molecule has 4 rings (SSSR count). The zero-order chi connectivity index (χ0) is 23.8. The Balaban J connectivity index is 1.86. The fourth-order valence-corrected chi connectivity index (χ4v) is 3.80. The summed E-state index contributed by atoms with van der Waals surface area (Å²) in [6.07, 6.45) is -0.678. The lowest BCUT2D eigenvalue weighted by Crippen LogP contribution is -2.32. The number of nitrogens with zero attached hydrogens (tertiary/aromatic N) is 2. The number of amides is 1. The van der Waals surface area contributed by atoms with Gasteiger partial charge in [-0.3, -0.25) is 4.79 Å². The summed E-state index contributed by atoms with van der Waals surface area (Å²) >= 11 is 0. The molecule has 0 fully saturated rings. The first-order chi connectivity index (χ1) is 15.7. The molecule has 0 aliphatic rings. The molecule has 1 atom stereocenters. The van der Waals surface area contributed by atoms with Crippen LogP contribution in [0.25, 0.3) is 11.0 Å². The number of nitrogens with one attached hydrogen (secondary N) is 1. The summed E-state index contributed by atoms with van der Waals surface area (Å²) in [5.41, 5.74) is 0.362. The third-order valence-corrected chi connectivity index (χ3v) is 5.55. The van der Waals surface area contributed by atoms with Crippen molar-refractivity contribution in [1.82, 2.24) is 14.9 Å². The maximum Gasteiger partial charge on any atom is 0.251 e. The van der Waals surface area contributed by atoms with Crippen LogP contribution >= 0.6 is 0 Å². The van der Waals surface area contributed by atoms with E-state index in [1.165, 1.54) is 48.5 Å². The van der Waals surface area contributed by atoms with Gasteiger partial charge in [0.05, 0.1) is 17.1 Å². The molecule has 0 spiro atoms. The molecule has 4 aromatic rings. The number of aromatic nitrogens is 2. The van der Waals surface area contributed by atoms with Crippen LogP contribution in [0, 0.1) is 11.6 Å². The number of carbonyl (C=O) groups is 1. The molecule has 170 valence electrons. The van der Waals surface area contributed by atoms with Crippen molar-refractivity contribution >= 4 is 16.9 Å². The summed E-state index contributed by atoms with van der Waals surface area (Å²) < 4.78 is 28.9. The molecule has 1 aromatic heterocycles. The van der Waals surface area contributed by atoms with Gasteiger partial charge < -0.3 is 20.1 Å². The van der Waals surface area contributed by atoms with E-state index in [1.807, 2.05) is 0 Å².